The van der Waals surface area contributed by atoms with Crippen molar-refractivity contribution in [1.29, 1.82) is 0 Å². The molecule has 0 bridgehead atoms. The molecular formula is C21H36O5. The quantitative estimate of drug-likeness (QED) is 0.161. The van der Waals surface area contributed by atoms with Crippen LogP contribution in [0.15, 0.2) is 12.2 Å². The van der Waals surface area contributed by atoms with Gasteiger partial charge in [-0.25, -0.2) is 4.79 Å². The molecule has 1 aliphatic heterocycles. The lowest BCUT2D eigenvalue weighted by molar-refractivity contribution is -0.146. The Balaban J connectivity index is 1.85. The van der Waals surface area contributed by atoms with Crippen LogP contribution < -0.4 is 0 Å². The largest absolute Gasteiger partial charge is 0.465 e. The van der Waals surface area contributed by atoms with Gasteiger partial charge in [-0.15, -0.1) is 0 Å². The number of carbonyl (C=O) groups excluding carboxylic acids is 2. The van der Waals surface area contributed by atoms with Crippen LogP contribution in [0.3, 0.4) is 0 Å². The Labute approximate surface area is 158 Å². The summed E-state index contributed by atoms with van der Waals surface area (Å²) >= 11 is 0. The Morgan fingerprint density at radius 2 is 1.46 bits per heavy atom. The third kappa shape index (κ3) is 12.9. The summed E-state index contributed by atoms with van der Waals surface area (Å²) in [5.41, 5.74) is 0.134. The van der Waals surface area contributed by atoms with E-state index in [0.29, 0.717) is 13.2 Å². The normalized spacial score (nSPS) is 15.5. The molecule has 150 valence electrons. The van der Waals surface area contributed by atoms with Gasteiger partial charge in [0.05, 0.1) is 19.6 Å². The number of carbonyl (C=O) groups is 2. The minimum Gasteiger partial charge on any atom is -0.465 e. The van der Waals surface area contributed by atoms with E-state index in [4.69, 9.17) is 14.2 Å². The van der Waals surface area contributed by atoms with Crippen LogP contribution in [0.5, 0.6) is 0 Å². The molecule has 0 aromatic carbocycles. The molecule has 5 heteroatoms. The summed E-state index contributed by atoms with van der Waals surface area (Å²) < 4.78 is 15.1. The van der Waals surface area contributed by atoms with E-state index in [1.807, 2.05) is 0 Å². The first kappa shape index (κ1) is 22.7. The first-order valence-corrected chi connectivity index (χ1v) is 10.3. The number of hydrogen-bond donors (Lipinski definition) is 0. The highest BCUT2D eigenvalue weighted by Gasteiger charge is 2.25. The average Bonchev–Trinajstić information content (AvgIpc) is 3.45. The molecule has 0 N–H and O–H groups in total. The van der Waals surface area contributed by atoms with E-state index in [9.17, 15) is 9.59 Å². The lowest BCUT2D eigenvalue weighted by Gasteiger charge is -2.07. The van der Waals surface area contributed by atoms with Crippen LogP contribution in [0.2, 0.25) is 0 Å². The minimum atomic E-state index is -0.549. The summed E-state index contributed by atoms with van der Waals surface area (Å²) in [6.45, 7) is 7.09. The molecule has 1 rings (SSSR count). The zero-order valence-corrected chi connectivity index (χ0v) is 16.4. The molecule has 0 aliphatic carbocycles. The van der Waals surface area contributed by atoms with Gasteiger partial charge < -0.3 is 14.2 Å². The van der Waals surface area contributed by atoms with Crippen molar-refractivity contribution in [3.05, 3.63) is 12.2 Å². The second-order valence-electron chi connectivity index (χ2n) is 7.09. The maximum absolute atomic E-state index is 11.7. The summed E-state index contributed by atoms with van der Waals surface area (Å²) in [6.07, 6.45) is 13.7. The van der Waals surface area contributed by atoms with Gasteiger partial charge in [0.2, 0.25) is 0 Å². The third-order valence-corrected chi connectivity index (χ3v) is 4.46. The standard InChI is InChI=1S/C21H36O5/c1-3-4-5-6-7-8-9-10-11-12-13-14-24-20(22)15-18(2)21(23)26-17-19-16-25-19/h19H,2-17H2,1H3. The lowest BCUT2D eigenvalue weighted by Crippen LogP contribution is -2.15. The maximum Gasteiger partial charge on any atom is 0.334 e. The highest BCUT2D eigenvalue weighted by molar-refractivity contribution is 5.93. The smallest absolute Gasteiger partial charge is 0.334 e. The van der Waals surface area contributed by atoms with Gasteiger partial charge >= 0.3 is 11.9 Å². The fourth-order valence-corrected chi connectivity index (χ4v) is 2.68. The van der Waals surface area contributed by atoms with E-state index >= 15 is 0 Å². The topological polar surface area (TPSA) is 65.1 Å². The molecule has 1 unspecified atom stereocenters. The molecule has 0 saturated carbocycles. The van der Waals surface area contributed by atoms with Crippen molar-refractivity contribution in [3.8, 4) is 0 Å². The Morgan fingerprint density at radius 1 is 0.923 bits per heavy atom. The van der Waals surface area contributed by atoms with Gasteiger partial charge in [0.25, 0.3) is 0 Å². The second kappa shape index (κ2) is 14.8. The molecule has 5 nitrogen and oxygen atoms in total. The van der Waals surface area contributed by atoms with Crippen molar-refractivity contribution in [2.45, 2.75) is 90.1 Å². The number of ether oxygens (including phenoxy) is 3. The van der Waals surface area contributed by atoms with Gasteiger partial charge in [0.15, 0.2) is 0 Å². The molecule has 0 aromatic rings. The van der Waals surface area contributed by atoms with E-state index in [1.165, 1.54) is 57.8 Å². The fourth-order valence-electron chi connectivity index (χ4n) is 2.68. The van der Waals surface area contributed by atoms with Crippen molar-refractivity contribution >= 4 is 11.9 Å². The van der Waals surface area contributed by atoms with Gasteiger partial charge in [-0.3, -0.25) is 4.79 Å². The number of unbranched alkanes of at least 4 members (excludes halogenated alkanes) is 10. The van der Waals surface area contributed by atoms with Crippen molar-refractivity contribution in [3.63, 3.8) is 0 Å². The highest BCUT2D eigenvalue weighted by atomic mass is 16.6. The molecule has 1 fully saturated rings. The highest BCUT2D eigenvalue weighted by Crippen LogP contribution is 2.12. The molecule has 1 aliphatic rings. The fraction of sp³-hybridized carbons (Fsp3) is 0.810. The Morgan fingerprint density at radius 3 is 2.00 bits per heavy atom. The van der Waals surface area contributed by atoms with Crippen LogP contribution in [-0.4, -0.2) is 37.9 Å². The average molecular weight is 369 g/mol. The minimum absolute atomic E-state index is 0.0137. The number of hydrogen-bond acceptors (Lipinski definition) is 5. The van der Waals surface area contributed by atoms with E-state index in [-0.39, 0.29) is 24.7 Å². The molecular weight excluding hydrogens is 332 g/mol. The summed E-state index contributed by atoms with van der Waals surface area (Å²) in [7, 11) is 0. The maximum atomic E-state index is 11.7. The zero-order chi connectivity index (χ0) is 19.0. The summed E-state index contributed by atoms with van der Waals surface area (Å²) in [5, 5.41) is 0. The van der Waals surface area contributed by atoms with E-state index in [0.717, 1.165) is 12.8 Å². The summed E-state index contributed by atoms with van der Waals surface area (Å²) in [5.74, 6) is -0.964. The van der Waals surface area contributed by atoms with Crippen LogP contribution in [0.25, 0.3) is 0 Å². The van der Waals surface area contributed by atoms with Gasteiger partial charge in [-0.05, 0) is 6.42 Å². The molecule has 0 spiro atoms. The predicted molar refractivity (Wildman–Crippen MR) is 102 cm³/mol. The molecule has 1 atom stereocenters. The molecule has 26 heavy (non-hydrogen) atoms. The van der Waals surface area contributed by atoms with E-state index in [1.54, 1.807) is 0 Å². The predicted octanol–water partition coefficient (Wildman–Crippen LogP) is 4.73. The van der Waals surface area contributed by atoms with Crippen LogP contribution in [-0.2, 0) is 23.8 Å². The van der Waals surface area contributed by atoms with Crippen LogP contribution in [0, 0.1) is 0 Å². The van der Waals surface area contributed by atoms with Crippen molar-refractivity contribution in [2.75, 3.05) is 19.8 Å². The third-order valence-electron chi connectivity index (χ3n) is 4.46. The molecule has 0 radical (unpaired) electrons. The van der Waals surface area contributed by atoms with Gasteiger partial charge in [0.1, 0.15) is 12.7 Å². The second-order valence-corrected chi connectivity index (χ2v) is 7.09. The SMILES string of the molecule is C=C(CC(=O)OCCCCCCCCCCCCC)C(=O)OCC1CO1. The Bertz CT molecular complexity index is 415. The monoisotopic (exact) mass is 368 g/mol. The van der Waals surface area contributed by atoms with E-state index < -0.39 is 11.9 Å². The molecule has 1 heterocycles. The van der Waals surface area contributed by atoms with Crippen molar-refractivity contribution in [2.24, 2.45) is 0 Å². The van der Waals surface area contributed by atoms with Crippen LogP contribution >= 0.6 is 0 Å². The van der Waals surface area contributed by atoms with Crippen molar-refractivity contribution in [1.82, 2.24) is 0 Å². The first-order valence-electron chi connectivity index (χ1n) is 10.3. The van der Waals surface area contributed by atoms with Gasteiger partial charge in [-0.2, -0.15) is 0 Å². The van der Waals surface area contributed by atoms with Crippen molar-refractivity contribution < 1.29 is 23.8 Å². The van der Waals surface area contributed by atoms with E-state index in [2.05, 4.69) is 13.5 Å². The van der Waals surface area contributed by atoms with Crippen LogP contribution in [0.4, 0.5) is 0 Å². The first-order chi connectivity index (χ1) is 12.6. The van der Waals surface area contributed by atoms with Gasteiger partial charge in [-0.1, -0.05) is 77.7 Å². The zero-order valence-electron chi connectivity index (χ0n) is 16.4. The number of epoxide rings is 1. The lowest BCUT2D eigenvalue weighted by atomic mass is 10.1. The molecule has 0 amide bonds. The molecule has 1 saturated heterocycles. The Hall–Kier alpha value is -1.36. The summed E-state index contributed by atoms with van der Waals surface area (Å²) in [4.78, 5) is 23.3. The Kier molecular flexibility index (Phi) is 12.9. The van der Waals surface area contributed by atoms with Gasteiger partial charge in [0, 0.05) is 5.57 Å². The number of rotatable bonds is 17. The molecule has 0 aromatic heterocycles. The van der Waals surface area contributed by atoms with Crippen LogP contribution in [0.1, 0.15) is 84.0 Å². The number of esters is 2. The summed E-state index contributed by atoms with van der Waals surface area (Å²) in [6, 6.07) is 0.